The number of fused-ring (bicyclic) bond motifs is 1. The van der Waals surface area contributed by atoms with Gasteiger partial charge in [0.15, 0.2) is 0 Å². The summed E-state index contributed by atoms with van der Waals surface area (Å²) < 4.78 is 13.8. The molecule has 5 aromatic carbocycles. The van der Waals surface area contributed by atoms with Crippen molar-refractivity contribution in [2.45, 2.75) is 20.8 Å². The van der Waals surface area contributed by atoms with E-state index in [1.807, 2.05) is 136 Å². The molecule has 0 unspecified atom stereocenters. The van der Waals surface area contributed by atoms with Crippen LogP contribution in [0.4, 0.5) is 0 Å². The molecular weight excluding hydrogens is 451 g/mol. The van der Waals surface area contributed by atoms with Crippen molar-refractivity contribution >= 4 is 28.7 Å². The Bertz CT molecular complexity index is 1470. The summed E-state index contributed by atoms with van der Waals surface area (Å²) in [4.78, 5) is 13.4. The fourth-order valence-corrected chi connectivity index (χ4v) is 8.53. The standard InChI is InChI=1S/C31H29O3P/c1-23-13-4-9-19-28(23)33-35(32,30-21-10-5-14-24(30)2,31-22-11-6-15-25(31)3)34-29-20-12-17-26-16-7-8-18-27(26)29/h4-22,32H,1-3H3. The van der Waals surface area contributed by atoms with Gasteiger partial charge in [0.2, 0.25) is 0 Å². The molecule has 0 atom stereocenters. The predicted octanol–water partition coefficient (Wildman–Crippen LogP) is 7.16. The average molecular weight is 481 g/mol. The van der Waals surface area contributed by atoms with Gasteiger partial charge in [-0.1, -0.05) is 0 Å². The normalized spacial score (nSPS) is 12.6. The Hall–Kier alpha value is -3.65. The van der Waals surface area contributed by atoms with Gasteiger partial charge < -0.3 is 0 Å². The summed E-state index contributed by atoms with van der Waals surface area (Å²) in [5.74, 6) is 1.16. The molecule has 0 aliphatic carbocycles. The van der Waals surface area contributed by atoms with Crippen LogP contribution >= 0.6 is 7.28 Å². The van der Waals surface area contributed by atoms with E-state index in [0.29, 0.717) is 22.1 Å². The van der Waals surface area contributed by atoms with E-state index in [4.69, 9.17) is 9.05 Å². The summed E-state index contributed by atoms with van der Waals surface area (Å²) >= 11 is 0. The Morgan fingerprint density at radius 2 is 0.943 bits per heavy atom. The van der Waals surface area contributed by atoms with E-state index < -0.39 is 7.28 Å². The summed E-state index contributed by atoms with van der Waals surface area (Å²) in [6, 6.07) is 37.2. The van der Waals surface area contributed by atoms with Gasteiger partial charge in [-0.05, 0) is 0 Å². The molecule has 3 nitrogen and oxygen atoms in total. The summed E-state index contributed by atoms with van der Waals surface area (Å²) in [7, 11) is -4.79. The monoisotopic (exact) mass is 480 g/mol. The van der Waals surface area contributed by atoms with Crippen molar-refractivity contribution in [2.75, 3.05) is 0 Å². The Kier molecular flexibility index (Phi) is 5.84. The van der Waals surface area contributed by atoms with E-state index in [2.05, 4.69) is 0 Å². The number of rotatable bonds is 6. The average Bonchev–Trinajstić information content (AvgIpc) is 2.86. The molecule has 0 fully saturated rings. The Morgan fingerprint density at radius 1 is 0.486 bits per heavy atom. The molecule has 0 bridgehead atoms. The van der Waals surface area contributed by atoms with Crippen molar-refractivity contribution in [2.24, 2.45) is 0 Å². The van der Waals surface area contributed by atoms with Crippen LogP contribution in [0.1, 0.15) is 16.7 Å². The molecule has 0 radical (unpaired) electrons. The number of para-hydroxylation sites is 1. The SMILES string of the molecule is Cc1ccccc1OP(O)(Oc1cccc2ccccc12)(c1ccccc1C)c1ccccc1C. The maximum atomic E-state index is 13.4. The quantitative estimate of drug-likeness (QED) is 0.262. The molecule has 0 aromatic heterocycles. The zero-order valence-electron chi connectivity index (χ0n) is 20.2. The number of aryl methyl sites for hydroxylation is 3. The molecule has 0 saturated heterocycles. The van der Waals surface area contributed by atoms with E-state index in [9.17, 15) is 4.89 Å². The molecule has 0 aliphatic rings. The van der Waals surface area contributed by atoms with Crippen LogP contribution in [0.3, 0.4) is 0 Å². The maximum absolute atomic E-state index is 13.4. The molecule has 5 rings (SSSR count). The zero-order chi connectivity index (χ0) is 24.5. The van der Waals surface area contributed by atoms with Crippen LogP contribution in [0.15, 0.2) is 115 Å². The Labute approximate surface area is 206 Å². The van der Waals surface area contributed by atoms with Crippen LogP contribution in [-0.4, -0.2) is 4.89 Å². The zero-order valence-corrected chi connectivity index (χ0v) is 21.1. The molecular formula is C31H29O3P. The second-order valence-electron chi connectivity index (χ2n) is 8.91. The van der Waals surface area contributed by atoms with Crippen molar-refractivity contribution in [3.63, 3.8) is 0 Å². The van der Waals surface area contributed by atoms with Crippen molar-refractivity contribution in [3.8, 4) is 11.5 Å². The van der Waals surface area contributed by atoms with E-state index >= 15 is 0 Å². The summed E-state index contributed by atoms with van der Waals surface area (Å²) in [5, 5.41) is 3.22. The second kappa shape index (κ2) is 8.85. The van der Waals surface area contributed by atoms with Crippen LogP contribution in [0.5, 0.6) is 11.5 Å². The Morgan fingerprint density at radius 3 is 1.57 bits per heavy atom. The first kappa shape index (κ1) is 23.1. The van der Waals surface area contributed by atoms with Crippen LogP contribution in [-0.2, 0) is 0 Å². The molecule has 1 N–H and O–H groups in total. The van der Waals surface area contributed by atoms with Gasteiger partial charge in [-0.25, -0.2) is 0 Å². The van der Waals surface area contributed by atoms with Gasteiger partial charge >= 0.3 is 207 Å². The van der Waals surface area contributed by atoms with Gasteiger partial charge in [-0.15, -0.1) is 0 Å². The third-order valence-corrected chi connectivity index (χ3v) is 10.2. The van der Waals surface area contributed by atoms with E-state index in [0.717, 1.165) is 27.5 Å². The van der Waals surface area contributed by atoms with Crippen LogP contribution < -0.4 is 19.7 Å². The van der Waals surface area contributed by atoms with E-state index in [1.165, 1.54) is 0 Å². The van der Waals surface area contributed by atoms with Gasteiger partial charge in [0.25, 0.3) is 0 Å². The van der Waals surface area contributed by atoms with Gasteiger partial charge in [0.05, 0.1) is 0 Å². The van der Waals surface area contributed by atoms with E-state index in [1.54, 1.807) is 0 Å². The number of hydrogen-bond donors (Lipinski definition) is 1. The van der Waals surface area contributed by atoms with Gasteiger partial charge in [0, 0.05) is 0 Å². The summed E-state index contributed by atoms with van der Waals surface area (Å²) in [6.45, 7) is 5.95. The fraction of sp³-hybridized carbons (Fsp3) is 0.0968. The first-order valence-electron chi connectivity index (χ1n) is 11.7. The number of hydrogen-bond acceptors (Lipinski definition) is 3. The first-order valence-corrected chi connectivity index (χ1v) is 13.7. The van der Waals surface area contributed by atoms with Crippen LogP contribution in [0.25, 0.3) is 10.8 Å². The first-order chi connectivity index (χ1) is 16.9. The third kappa shape index (κ3) is 3.97. The molecule has 35 heavy (non-hydrogen) atoms. The molecule has 4 heteroatoms. The van der Waals surface area contributed by atoms with Crippen molar-refractivity contribution in [3.05, 3.63) is 132 Å². The van der Waals surface area contributed by atoms with Gasteiger partial charge in [-0.3, -0.25) is 0 Å². The van der Waals surface area contributed by atoms with E-state index in [-0.39, 0.29) is 0 Å². The molecule has 0 amide bonds. The van der Waals surface area contributed by atoms with Crippen molar-refractivity contribution < 1.29 is 13.9 Å². The van der Waals surface area contributed by atoms with Gasteiger partial charge in [-0.2, -0.15) is 0 Å². The third-order valence-electron chi connectivity index (χ3n) is 6.46. The summed E-state index contributed by atoms with van der Waals surface area (Å²) in [5.41, 5.74) is 2.70. The fourth-order valence-electron chi connectivity index (χ4n) is 4.66. The minimum atomic E-state index is -4.79. The summed E-state index contributed by atoms with van der Waals surface area (Å²) in [6.07, 6.45) is 0. The van der Waals surface area contributed by atoms with Crippen molar-refractivity contribution in [1.82, 2.24) is 0 Å². The minimum absolute atomic E-state index is 0.573. The van der Waals surface area contributed by atoms with Crippen LogP contribution in [0.2, 0.25) is 0 Å². The molecule has 5 aromatic rings. The Balaban J connectivity index is 1.89. The molecule has 0 saturated carbocycles. The second-order valence-corrected chi connectivity index (χ2v) is 12.1. The molecule has 0 heterocycles. The van der Waals surface area contributed by atoms with Crippen molar-refractivity contribution in [1.29, 1.82) is 0 Å². The molecule has 0 aliphatic heterocycles. The van der Waals surface area contributed by atoms with Gasteiger partial charge in [0.1, 0.15) is 0 Å². The number of benzene rings is 5. The predicted molar refractivity (Wildman–Crippen MR) is 147 cm³/mol. The molecule has 0 spiro atoms. The topological polar surface area (TPSA) is 38.7 Å². The molecule has 176 valence electrons. The van der Waals surface area contributed by atoms with Crippen LogP contribution in [0, 0.1) is 20.8 Å².